The fourth-order valence-corrected chi connectivity index (χ4v) is 4.57. The predicted molar refractivity (Wildman–Crippen MR) is 159 cm³/mol. The number of ether oxygens (including phenoxy) is 1. The monoisotopic (exact) mass is 568 g/mol. The number of hydrogen-bond acceptors (Lipinski definition) is 3. The Morgan fingerprint density at radius 2 is 1.56 bits per heavy atom. The van der Waals surface area contributed by atoms with Crippen LogP contribution in [0.3, 0.4) is 0 Å². The molecule has 1 N–H and O–H groups in total. The van der Waals surface area contributed by atoms with E-state index in [0.29, 0.717) is 28.8 Å². The number of hydrogen-bond donors (Lipinski definition) is 1. The molecule has 3 rings (SSSR count). The van der Waals surface area contributed by atoms with Crippen molar-refractivity contribution in [1.29, 1.82) is 0 Å². The Kier molecular flexibility index (Phi) is 10.8. The lowest BCUT2D eigenvalue weighted by molar-refractivity contribution is -0.142. The van der Waals surface area contributed by atoms with Gasteiger partial charge in [0, 0.05) is 19.5 Å². The number of benzene rings is 3. The van der Waals surface area contributed by atoms with Crippen molar-refractivity contribution in [2.75, 3.05) is 13.2 Å². The van der Waals surface area contributed by atoms with Crippen molar-refractivity contribution in [3.05, 3.63) is 99.5 Å². The fraction of sp³-hybridized carbons (Fsp3) is 0.375. The lowest BCUT2D eigenvalue weighted by atomic mass is 9.86. The summed E-state index contributed by atoms with van der Waals surface area (Å²) in [5.41, 5.74) is 2.56. The van der Waals surface area contributed by atoms with Gasteiger partial charge in [-0.25, -0.2) is 0 Å². The minimum atomic E-state index is -0.755. The second-order valence-electron chi connectivity index (χ2n) is 11.1. The fourth-order valence-electron chi connectivity index (χ4n) is 4.25. The summed E-state index contributed by atoms with van der Waals surface area (Å²) in [6, 6.07) is 21.9. The molecule has 0 saturated heterocycles. The van der Waals surface area contributed by atoms with Gasteiger partial charge in [0.05, 0.1) is 10.0 Å². The molecule has 3 aromatic rings. The summed E-state index contributed by atoms with van der Waals surface area (Å²) in [5, 5.41) is 3.84. The molecule has 0 aromatic heterocycles. The van der Waals surface area contributed by atoms with E-state index in [0.717, 1.165) is 16.7 Å². The topological polar surface area (TPSA) is 58.6 Å². The SMILES string of the molecule is CC(C)CNC(=O)[C@@H](Cc1ccccc1)N(Cc1ccc(Cl)c(Cl)c1)C(=O)COc1ccccc1C(C)(C)C. The van der Waals surface area contributed by atoms with Gasteiger partial charge in [0.1, 0.15) is 11.8 Å². The maximum absolute atomic E-state index is 13.9. The first-order valence-electron chi connectivity index (χ1n) is 13.2. The van der Waals surface area contributed by atoms with Crippen LogP contribution in [-0.4, -0.2) is 35.9 Å². The zero-order chi connectivity index (χ0) is 28.6. The lowest BCUT2D eigenvalue weighted by Gasteiger charge is -2.32. The van der Waals surface area contributed by atoms with Gasteiger partial charge < -0.3 is 15.0 Å². The van der Waals surface area contributed by atoms with E-state index in [2.05, 4.69) is 26.1 Å². The van der Waals surface area contributed by atoms with E-state index in [-0.39, 0.29) is 36.3 Å². The molecule has 2 amide bonds. The molecule has 0 aliphatic carbocycles. The molecule has 0 radical (unpaired) electrons. The van der Waals surface area contributed by atoms with Gasteiger partial charge in [0.2, 0.25) is 5.91 Å². The van der Waals surface area contributed by atoms with Crippen molar-refractivity contribution >= 4 is 35.0 Å². The molecule has 0 unspecified atom stereocenters. The number of amides is 2. The van der Waals surface area contributed by atoms with Crippen LogP contribution in [0.1, 0.15) is 51.3 Å². The first kappa shape index (κ1) is 30.5. The van der Waals surface area contributed by atoms with Gasteiger partial charge in [-0.3, -0.25) is 9.59 Å². The van der Waals surface area contributed by atoms with Crippen molar-refractivity contribution in [2.45, 2.75) is 59.0 Å². The highest BCUT2D eigenvalue weighted by atomic mass is 35.5. The van der Waals surface area contributed by atoms with Gasteiger partial charge in [-0.1, -0.05) is 112 Å². The third kappa shape index (κ3) is 9.01. The van der Waals surface area contributed by atoms with Crippen molar-refractivity contribution < 1.29 is 14.3 Å². The summed E-state index contributed by atoms with van der Waals surface area (Å²) in [4.78, 5) is 29.0. The van der Waals surface area contributed by atoms with Gasteiger partial charge >= 0.3 is 0 Å². The summed E-state index contributed by atoms with van der Waals surface area (Å²) >= 11 is 12.4. The molecule has 0 bridgehead atoms. The van der Waals surface area contributed by atoms with Gasteiger partial charge in [-0.05, 0) is 46.2 Å². The van der Waals surface area contributed by atoms with E-state index in [9.17, 15) is 9.59 Å². The highest BCUT2D eigenvalue weighted by molar-refractivity contribution is 6.42. The number of halogens is 2. The quantitative estimate of drug-likeness (QED) is 0.269. The lowest BCUT2D eigenvalue weighted by Crippen LogP contribution is -2.52. The Bertz CT molecular complexity index is 1260. The smallest absolute Gasteiger partial charge is 0.261 e. The normalized spacial score (nSPS) is 12.2. The van der Waals surface area contributed by atoms with E-state index in [4.69, 9.17) is 27.9 Å². The van der Waals surface area contributed by atoms with Crippen LogP contribution in [0.4, 0.5) is 0 Å². The average Bonchev–Trinajstić information content (AvgIpc) is 2.90. The molecule has 0 spiro atoms. The van der Waals surface area contributed by atoms with E-state index in [1.54, 1.807) is 17.0 Å². The van der Waals surface area contributed by atoms with Crippen LogP contribution >= 0.6 is 23.2 Å². The van der Waals surface area contributed by atoms with Crippen molar-refractivity contribution in [2.24, 2.45) is 5.92 Å². The standard InChI is InChI=1S/C32H38Cl2N2O3/c1-22(2)19-35-31(38)28(18-23-11-7-6-8-12-23)36(20-24-15-16-26(33)27(34)17-24)30(37)21-39-29-14-10-9-13-25(29)32(3,4)5/h6-17,22,28H,18-21H2,1-5H3,(H,35,38)/t28-/m1/s1. The average molecular weight is 570 g/mol. The van der Waals surface area contributed by atoms with E-state index in [1.807, 2.05) is 74.5 Å². The molecule has 7 heteroatoms. The Balaban J connectivity index is 1.96. The summed E-state index contributed by atoms with van der Waals surface area (Å²) < 4.78 is 6.10. The molecule has 5 nitrogen and oxygen atoms in total. The second-order valence-corrected chi connectivity index (χ2v) is 12.0. The van der Waals surface area contributed by atoms with Crippen molar-refractivity contribution in [1.82, 2.24) is 10.2 Å². The minimum Gasteiger partial charge on any atom is -0.483 e. The first-order valence-corrected chi connectivity index (χ1v) is 14.0. The predicted octanol–water partition coefficient (Wildman–Crippen LogP) is 7.08. The molecule has 0 heterocycles. The van der Waals surface area contributed by atoms with Gasteiger partial charge in [0.25, 0.3) is 5.91 Å². The number of nitrogens with one attached hydrogen (secondary N) is 1. The Morgan fingerprint density at radius 3 is 2.21 bits per heavy atom. The first-order chi connectivity index (χ1) is 18.5. The van der Waals surface area contributed by atoms with Crippen molar-refractivity contribution in [3.63, 3.8) is 0 Å². The summed E-state index contributed by atoms with van der Waals surface area (Å²) in [7, 11) is 0. The van der Waals surface area contributed by atoms with Crippen LogP contribution in [0.5, 0.6) is 5.75 Å². The number of rotatable bonds is 11. The maximum atomic E-state index is 13.9. The van der Waals surface area contributed by atoms with Gasteiger partial charge in [-0.15, -0.1) is 0 Å². The van der Waals surface area contributed by atoms with Crippen molar-refractivity contribution in [3.8, 4) is 5.75 Å². The zero-order valence-electron chi connectivity index (χ0n) is 23.3. The number of carbonyl (C=O) groups is 2. The summed E-state index contributed by atoms with van der Waals surface area (Å²) in [6.07, 6.45) is 0.358. The summed E-state index contributed by atoms with van der Waals surface area (Å²) in [5.74, 6) is 0.404. The Morgan fingerprint density at radius 1 is 0.897 bits per heavy atom. The molecule has 1 atom stereocenters. The number of carbonyl (C=O) groups excluding carboxylic acids is 2. The van der Waals surface area contributed by atoms with Gasteiger partial charge in [0.15, 0.2) is 6.61 Å². The summed E-state index contributed by atoms with van der Waals surface area (Å²) in [6.45, 7) is 10.8. The van der Waals surface area contributed by atoms with Crippen LogP contribution in [0.2, 0.25) is 10.0 Å². The van der Waals surface area contributed by atoms with E-state index >= 15 is 0 Å². The van der Waals surface area contributed by atoms with E-state index < -0.39 is 6.04 Å². The number of para-hydroxylation sites is 1. The zero-order valence-corrected chi connectivity index (χ0v) is 24.9. The second kappa shape index (κ2) is 13.9. The molecule has 0 aliphatic rings. The molecular formula is C32H38Cl2N2O3. The number of nitrogens with zero attached hydrogens (tertiary/aromatic N) is 1. The Labute approximate surface area is 242 Å². The van der Waals surface area contributed by atoms with Crippen LogP contribution in [-0.2, 0) is 28.0 Å². The van der Waals surface area contributed by atoms with Crippen LogP contribution in [0, 0.1) is 5.92 Å². The third-order valence-corrected chi connectivity index (χ3v) is 7.08. The maximum Gasteiger partial charge on any atom is 0.261 e. The molecule has 0 fully saturated rings. The van der Waals surface area contributed by atoms with Crippen LogP contribution in [0.25, 0.3) is 0 Å². The highest BCUT2D eigenvalue weighted by Gasteiger charge is 2.31. The molecule has 208 valence electrons. The molecular weight excluding hydrogens is 531 g/mol. The minimum absolute atomic E-state index is 0.161. The van der Waals surface area contributed by atoms with Crippen LogP contribution < -0.4 is 10.1 Å². The Hall–Kier alpha value is -3.02. The van der Waals surface area contributed by atoms with E-state index in [1.165, 1.54) is 0 Å². The molecule has 39 heavy (non-hydrogen) atoms. The highest BCUT2D eigenvalue weighted by Crippen LogP contribution is 2.31. The molecule has 0 aliphatic heterocycles. The van der Waals surface area contributed by atoms with Crippen LogP contribution in [0.15, 0.2) is 72.8 Å². The largest absolute Gasteiger partial charge is 0.483 e. The van der Waals surface area contributed by atoms with Gasteiger partial charge in [-0.2, -0.15) is 0 Å². The third-order valence-electron chi connectivity index (χ3n) is 6.34. The molecule has 0 saturated carbocycles. The molecule has 3 aromatic carbocycles.